The number of halogens is 1. The summed E-state index contributed by atoms with van der Waals surface area (Å²) in [6.45, 7) is 3.76. The van der Waals surface area contributed by atoms with E-state index in [0.717, 1.165) is 5.56 Å². The minimum absolute atomic E-state index is 0.0957. The number of aromatic nitrogens is 2. The number of aromatic amines is 1. The summed E-state index contributed by atoms with van der Waals surface area (Å²) in [5.74, 6) is 0.0957. The van der Waals surface area contributed by atoms with Crippen molar-refractivity contribution in [1.82, 2.24) is 15.3 Å². The summed E-state index contributed by atoms with van der Waals surface area (Å²) < 4.78 is 12.1. The van der Waals surface area contributed by atoms with Crippen LogP contribution in [-0.4, -0.2) is 22.1 Å². The number of allylic oxidation sites excluding steroid dienone is 2. The molecule has 0 amide bonds. The highest BCUT2D eigenvalue weighted by Gasteiger charge is 2.12. The summed E-state index contributed by atoms with van der Waals surface area (Å²) in [7, 11) is 1.56. The summed E-state index contributed by atoms with van der Waals surface area (Å²) in [5, 5.41) is 12.4. The Morgan fingerprint density at radius 1 is 1.52 bits per heavy atom. The van der Waals surface area contributed by atoms with Gasteiger partial charge < -0.3 is 10.1 Å². The molecule has 5 nitrogen and oxygen atoms in total. The summed E-state index contributed by atoms with van der Waals surface area (Å²) >= 11 is 0. The number of aliphatic hydroxyl groups excluding tert-OH is 1. The third kappa shape index (κ3) is 4.12. The van der Waals surface area contributed by atoms with Crippen LogP contribution in [0.4, 0.5) is 4.39 Å². The number of rotatable bonds is 7. The molecular formula is C17H20FN3O2. The summed E-state index contributed by atoms with van der Waals surface area (Å²) in [6, 6.07) is 3.41. The van der Waals surface area contributed by atoms with Crippen molar-refractivity contribution >= 4 is 11.0 Å². The standard InChI is InChI=1S/C17H20FN3O2/c1-3-11(5-4-6-18)7-12-8-15-14(20-10-12)9-13(16(22)19-2)17(23)21-15/h3-4,6,8-11,16,19,22H,1,5,7H2,2H3,(H,21,23)/b6-4+. The molecular weight excluding hydrogens is 297 g/mol. The first kappa shape index (κ1) is 17.1. The largest absolute Gasteiger partial charge is 0.374 e. The van der Waals surface area contributed by atoms with Gasteiger partial charge >= 0.3 is 0 Å². The van der Waals surface area contributed by atoms with E-state index >= 15 is 0 Å². The first-order chi connectivity index (χ1) is 11.1. The lowest BCUT2D eigenvalue weighted by Crippen LogP contribution is -2.24. The van der Waals surface area contributed by atoms with Gasteiger partial charge in [0.15, 0.2) is 0 Å². The Balaban J connectivity index is 2.32. The highest BCUT2D eigenvalue weighted by molar-refractivity contribution is 5.75. The molecule has 2 unspecified atom stereocenters. The first-order valence-electron chi connectivity index (χ1n) is 7.34. The van der Waals surface area contributed by atoms with Gasteiger partial charge in [0.25, 0.3) is 5.56 Å². The van der Waals surface area contributed by atoms with Gasteiger partial charge in [0.1, 0.15) is 6.23 Å². The average molecular weight is 317 g/mol. The number of aliphatic hydroxyl groups is 1. The van der Waals surface area contributed by atoms with Gasteiger partial charge in [-0.2, -0.15) is 0 Å². The number of pyridine rings is 2. The van der Waals surface area contributed by atoms with Crippen LogP contribution in [0.25, 0.3) is 11.0 Å². The van der Waals surface area contributed by atoms with Crippen molar-refractivity contribution in [2.45, 2.75) is 19.1 Å². The molecule has 0 spiro atoms. The van der Waals surface area contributed by atoms with Crippen molar-refractivity contribution in [3.63, 3.8) is 0 Å². The molecule has 0 fully saturated rings. The van der Waals surface area contributed by atoms with Crippen LogP contribution in [0.5, 0.6) is 0 Å². The van der Waals surface area contributed by atoms with Crippen LogP contribution < -0.4 is 10.9 Å². The second-order valence-corrected chi connectivity index (χ2v) is 5.32. The van der Waals surface area contributed by atoms with Gasteiger partial charge in [0.2, 0.25) is 0 Å². The van der Waals surface area contributed by atoms with Gasteiger partial charge in [0.05, 0.1) is 22.9 Å². The molecule has 122 valence electrons. The Morgan fingerprint density at radius 3 is 2.96 bits per heavy atom. The molecule has 0 aliphatic carbocycles. The van der Waals surface area contributed by atoms with E-state index in [-0.39, 0.29) is 17.0 Å². The van der Waals surface area contributed by atoms with Crippen LogP contribution in [0, 0.1) is 5.92 Å². The van der Waals surface area contributed by atoms with E-state index in [1.165, 1.54) is 6.08 Å². The monoisotopic (exact) mass is 317 g/mol. The minimum Gasteiger partial charge on any atom is -0.374 e. The van der Waals surface area contributed by atoms with E-state index in [0.29, 0.717) is 30.2 Å². The Labute approximate surface area is 133 Å². The molecule has 0 aromatic carbocycles. The predicted molar refractivity (Wildman–Crippen MR) is 88.6 cm³/mol. The molecule has 2 atom stereocenters. The molecule has 6 heteroatoms. The minimum atomic E-state index is -1.04. The van der Waals surface area contributed by atoms with Crippen molar-refractivity contribution in [3.8, 4) is 0 Å². The van der Waals surface area contributed by atoms with Crippen LogP contribution in [0.2, 0.25) is 0 Å². The molecule has 23 heavy (non-hydrogen) atoms. The van der Waals surface area contributed by atoms with E-state index in [2.05, 4.69) is 21.9 Å². The number of hydrogen-bond donors (Lipinski definition) is 3. The van der Waals surface area contributed by atoms with E-state index < -0.39 is 6.23 Å². The number of H-pyrrole nitrogens is 1. The van der Waals surface area contributed by atoms with Crippen molar-refractivity contribution in [1.29, 1.82) is 0 Å². The highest BCUT2D eigenvalue weighted by atomic mass is 19.1. The normalized spacial score (nSPS) is 14.2. The van der Waals surface area contributed by atoms with Crippen molar-refractivity contribution < 1.29 is 9.50 Å². The topological polar surface area (TPSA) is 78.0 Å². The van der Waals surface area contributed by atoms with Gasteiger partial charge in [-0.3, -0.25) is 15.1 Å². The maximum absolute atomic E-state index is 12.1. The van der Waals surface area contributed by atoms with E-state index in [9.17, 15) is 14.3 Å². The number of fused-ring (bicyclic) bond motifs is 1. The maximum Gasteiger partial charge on any atom is 0.255 e. The van der Waals surface area contributed by atoms with Crippen LogP contribution in [0.3, 0.4) is 0 Å². The molecule has 2 heterocycles. The lowest BCUT2D eigenvalue weighted by Gasteiger charge is -2.12. The van der Waals surface area contributed by atoms with Crippen LogP contribution in [0.1, 0.15) is 23.8 Å². The van der Waals surface area contributed by atoms with Crippen molar-refractivity contribution in [2.24, 2.45) is 5.92 Å². The highest BCUT2D eigenvalue weighted by Crippen LogP contribution is 2.18. The smallest absolute Gasteiger partial charge is 0.255 e. The molecule has 3 N–H and O–H groups in total. The Morgan fingerprint density at radius 2 is 2.30 bits per heavy atom. The fourth-order valence-corrected chi connectivity index (χ4v) is 2.40. The SMILES string of the molecule is C=CC(C/C=C/F)Cc1cnc2cc(C(O)NC)c(=O)[nH]c2c1. The fourth-order valence-electron chi connectivity index (χ4n) is 2.40. The quantitative estimate of drug-likeness (QED) is 0.541. The molecule has 2 aromatic rings. The van der Waals surface area contributed by atoms with Gasteiger partial charge in [0, 0.05) is 6.20 Å². The lowest BCUT2D eigenvalue weighted by molar-refractivity contribution is 0.148. The van der Waals surface area contributed by atoms with E-state index in [1.807, 2.05) is 6.07 Å². The van der Waals surface area contributed by atoms with Gasteiger partial charge in [-0.1, -0.05) is 12.2 Å². The second-order valence-electron chi connectivity index (χ2n) is 5.32. The molecule has 2 aromatic heterocycles. The Bertz CT molecular complexity index is 770. The zero-order chi connectivity index (χ0) is 16.8. The number of nitrogens with one attached hydrogen (secondary N) is 2. The van der Waals surface area contributed by atoms with E-state index in [1.54, 1.807) is 25.4 Å². The van der Waals surface area contributed by atoms with E-state index in [4.69, 9.17) is 0 Å². The predicted octanol–water partition coefficient (Wildman–Crippen LogP) is 2.35. The Hall–Kier alpha value is -2.31. The lowest BCUT2D eigenvalue weighted by atomic mass is 9.97. The van der Waals surface area contributed by atoms with Crippen molar-refractivity contribution in [3.05, 3.63) is 64.9 Å². The molecule has 0 saturated carbocycles. The third-order valence-electron chi connectivity index (χ3n) is 3.70. The Kier molecular flexibility index (Phi) is 5.78. The van der Waals surface area contributed by atoms with Gasteiger partial charge in [-0.25, -0.2) is 4.39 Å². The van der Waals surface area contributed by atoms with Crippen LogP contribution in [-0.2, 0) is 6.42 Å². The van der Waals surface area contributed by atoms with Crippen LogP contribution in [0.15, 0.2) is 48.2 Å². The van der Waals surface area contributed by atoms with Gasteiger partial charge in [-0.15, -0.1) is 6.58 Å². The maximum atomic E-state index is 12.1. The molecule has 0 saturated heterocycles. The second kappa shape index (κ2) is 7.80. The zero-order valence-corrected chi connectivity index (χ0v) is 12.9. The summed E-state index contributed by atoms with van der Waals surface area (Å²) in [5.41, 5.74) is 1.98. The summed E-state index contributed by atoms with van der Waals surface area (Å²) in [6.07, 6.45) is 5.64. The summed E-state index contributed by atoms with van der Waals surface area (Å²) in [4.78, 5) is 19.1. The van der Waals surface area contributed by atoms with Crippen LogP contribution >= 0.6 is 0 Å². The number of hydrogen-bond acceptors (Lipinski definition) is 4. The molecule has 0 radical (unpaired) electrons. The number of nitrogens with zero attached hydrogens (tertiary/aromatic N) is 1. The third-order valence-corrected chi connectivity index (χ3v) is 3.70. The molecule has 0 aliphatic heterocycles. The van der Waals surface area contributed by atoms with Gasteiger partial charge in [-0.05, 0) is 43.5 Å². The molecule has 0 aliphatic rings. The average Bonchev–Trinajstić information content (AvgIpc) is 2.57. The molecule has 2 rings (SSSR count). The van der Waals surface area contributed by atoms with Crippen molar-refractivity contribution in [2.75, 3.05) is 7.05 Å². The molecule has 0 bridgehead atoms. The first-order valence-corrected chi connectivity index (χ1v) is 7.34. The fraction of sp³-hybridized carbons (Fsp3) is 0.294. The zero-order valence-electron chi connectivity index (χ0n) is 12.9.